The molecule has 0 bridgehead atoms. The Morgan fingerprint density at radius 1 is 1.32 bits per heavy atom. The van der Waals surface area contributed by atoms with Crippen molar-refractivity contribution in [3.05, 3.63) is 0 Å². The fraction of sp³-hybridized carbons (Fsp3) is 0.769. The summed E-state index contributed by atoms with van der Waals surface area (Å²) in [5.74, 6) is -1.32. The molecule has 19 heavy (non-hydrogen) atoms. The van der Waals surface area contributed by atoms with Crippen molar-refractivity contribution in [2.45, 2.75) is 46.1 Å². The SMILES string of the molecule is CC(C)(NC(=O)CN1CCCC1=O)C(C)(C)C(=O)O. The average Bonchev–Trinajstić information content (AvgIpc) is 2.62. The predicted octanol–water partition coefficient (Wildman–Crippen LogP) is 0.614. The van der Waals surface area contributed by atoms with Crippen molar-refractivity contribution in [3.63, 3.8) is 0 Å². The van der Waals surface area contributed by atoms with E-state index < -0.39 is 16.9 Å². The molecule has 108 valence electrons. The molecule has 0 aliphatic carbocycles. The highest BCUT2D eigenvalue weighted by molar-refractivity contribution is 5.87. The van der Waals surface area contributed by atoms with Crippen molar-refractivity contribution >= 4 is 17.8 Å². The molecular formula is C13H22N2O4. The number of hydrogen-bond donors (Lipinski definition) is 2. The number of nitrogens with one attached hydrogen (secondary N) is 1. The number of carboxylic acid groups (broad SMARTS) is 1. The van der Waals surface area contributed by atoms with Crippen LogP contribution in [0.5, 0.6) is 0 Å². The van der Waals surface area contributed by atoms with E-state index in [4.69, 9.17) is 0 Å². The summed E-state index contributed by atoms with van der Waals surface area (Å²) in [5.41, 5.74) is -2.00. The van der Waals surface area contributed by atoms with Crippen molar-refractivity contribution in [2.75, 3.05) is 13.1 Å². The molecule has 1 fully saturated rings. The smallest absolute Gasteiger partial charge is 0.311 e. The molecule has 0 aromatic rings. The number of nitrogens with zero attached hydrogens (tertiary/aromatic N) is 1. The van der Waals surface area contributed by atoms with Crippen molar-refractivity contribution in [3.8, 4) is 0 Å². The van der Waals surface area contributed by atoms with Crippen LogP contribution in [0.25, 0.3) is 0 Å². The summed E-state index contributed by atoms with van der Waals surface area (Å²) in [6.07, 6.45) is 1.26. The zero-order valence-electron chi connectivity index (χ0n) is 11.9. The lowest BCUT2D eigenvalue weighted by Gasteiger charge is -2.39. The highest BCUT2D eigenvalue weighted by Gasteiger charge is 2.44. The maximum atomic E-state index is 11.9. The fourth-order valence-corrected chi connectivity index (χ4v) is 1.86. The van der Waals surface area contributed by atoms with Gasteiger partial charge in [-0.05, 0) is 34.1 Å². The van der Waals surface area contributed by atoms with Crippen LogP contribution in [0.4, 0.5) is 0 Å². The van der Waals surface area contributed by atoms with Crippen LogP contribution in [-0.4, -0.2) is 46.4 Å². The third-order valence-corrected chi connectivity index (χ3v) is 4.05. The number of likely N-dealkylation sites (tertiary alicyclic amines) is 1. The van der Waals surface area contributed by atoms with Gasteiger partial charge in [0.25, 0.3) is 0 Å². The predicted molar refractivity (Wildman–Crippen MR) is 69.5 cm³/mol. The molecular weight excluding hydrogens is 248 g/mol. The van der Waals surface area contributed by atoms with Gasteiger partial charge in [0.15, 0.2) is 0 Å². The Morgan fingerprint density at radius 2 is 1.89 bits per heavy atom. The number of carbonyl (C=O) groups excluding carboxylic acids is 2. The van der Waals surface area contributed by atoms with E-state index in [-0.39, 0.29) is 18.4 Å². The maximum Gasteiger partial charge on any atom is 0.311 e. The van der Waals surface area contributed by atoms with E-state index >= 15 is 0 Å². The van der Waals surface area contributed by atoms with Crippen molar-refractivity contribution in [1.82, 2.24) is 10.2 Å². The normalized spacial score (nSPS) is 16.6. The first kappa shape index (κ1) is 15.5. The van der Waals surface area contributed by atoms with E-state index in [1.165, 1.54) is 4.90 Å². The Kier molecular flexibility index (Phi) is 4.22. The molecule has 1 heterocycles. The standard InChI is InChI=1S/C13H22N2O4/c1-12(2,11(18)19)13(3,4)14-9(16)8-15-7-5-6-10(15)17/h5-8H2,1-4H3,(H,14,16)(H,18,19). The van der Waals surface area contributed by atoms with E-state index in [1.54, 1.807) is 27.7 Å². The molecule has 6 heteroatoms. The van der Waals surface area contributed by atoms with E-state index in [0.717, 1.165) is 6.42 Å². The molecule has 0 unspecified atom stereocenters. The lowest BCUT2D eigenvalue weighted by molar-refractivity contribution is -0.152. The van der Waals surface area contributed by atoms with Gasteiger partial charge in [-0.2, -0.15) is 0 Å². The summed E-state index contributed by atoms with van der Waals surface area (Å²) >= 11 is 0. The zero-order valence-corrected chi connectivity index (χ0v) is 11.9. The number of carbonyl (C=O) groups is 3. The summed E-state index contributed by atoms with van der Waals surface area (Å²) < 4.78 is 0. The molecule has 1 aliphatic heterocycles. The molecule has 0 aromatic carbocycles. The van der Waals surface area contributed by atoms with Gasteiger partial charge in [0.05, 0.1) is 17.5 Å². The van der Waals surface area contributed by atoms with Gasteiger partial charge in [0, 0.05) is 13.0 Å². The average molecular weight is 270 g/mol. The molecule has 6 nitrogen and oxygen atoms in total. The third-order valence-electron chi connectivity index (χ3n) is 4.05. The maximum absolute atomic E-state index is 11.9. The highest BCUT2D eigenvalue weighted by atomic mass is 16.4. The fourth-order valence-electron chi connectivity index (χ4n) is 1.86. The minimum absolute atomic E-state index is 0.00202. The van der Waals surface area contributed by atoms with Gasteiger partial charge in [-0.25, -0.2) is 0 Å². The minimum atomic E-state index is -1.10. The monoisotopic (exact) mass is 270 g/mol. The third kappa shape index (κ3) is 3.24. The molecule has 1 aliphatic rings. The molecule has 1 saturated heterocycles. The van der Waals surface area contributed by atoms with Gasteiger partial charge < -0.3 is 15.3 Å². The summed E-state index contributed by atoms with van der Waals surface area (Å²) in [4.78, 5) is 36.1. The van der Waals surface area contributed by atoms with Crippen LogP contribution < -0.4 is 5.32 Å². The second-order valence-electron chi connectivity index (χ2n) is 6.02. The Morgan fingerprint density at radius 3 is 2.32 bits per heavy atom. The van der Waals surface area contributed by atoms with Gasteiger partial charge in [-0.1, -0.05) is 0 Å². The second kappa shape index (κ2) is 5.19. The molecule has 0 aromatic heterocycles. The van der Waals surface area contributed by atoms with Crippen LogP contribution in [-0.2, 0) is 14.4 Å². The molecule has 0 spiro atoms. The van der Waals surface area contributed by atoms with Gasteiger partial charge >= 0.3 is 5.97 Å². The van der Waals surface area contributed by atoms with Gasteiger partial charge in [-0.3, -0.25) is 14.4 Å². The number of amides is 2. The van der Waals surface area contributed by atoms with Crippen LogP contribution in [0.3, 0.4) is 0 Å². The quantitative estimate of drug-likeness (QED) is 0.766. The van der Waals surface area contributed by atoms with Crippen molar-refractivity contribution in [2.24, 2.45) is 5.41 Å². The summed E-state index contributed by atoms with van der Waals surface area (Å²) in [6, 6.07) is 0. The Hall–Kier alpha value is -1.59. The Balaban J connectivity index is 2.65. The molecule has 0 radical (unpaired) electrons. The molecule has 0 saturated carbocycles. The molecule has 2 N–H and O–H groups in total. The summed E-state index contributed by atoms with van der Waals surface area (Å²) in [7, 11) is 0. The number of rotatable bonds is 5. The largest absolute Gasteiger partial charge is 0.481 e. The van der Waals surface area contributed by atoms with E-state index in [9.17, 15) is 19.5 Å². The van der Waals surface area contributed by atoms with Crippen molar-refractivity contribution in [1.29, 1.82) is 0 Å². The Labute approximate surface area is 113 Å². The second-order valence-corrected chi connectivity index (χ2v) is 6.02. The van der Waals surface area contributed by atoms with E-state index in [1.807, 2.05) is 0 Å². The van der Waals surface area contributed by atoms with Crippen molar-refractivity contribution < 1.29 is 19.5 Å². The van der Waals surface area contributed by atoms with E-state index in [2.05, 4.69) is 5.32 Å². The van der Waals surface area contributed by atoms with Crippen LogP contribution in [0, 0.1) is 5.41 Å². The number of aliphatic carboxylic acids is 1. The first-order valence-electron chi connectivity index (χ1n) is 6.40. The summed E-state index contributed by atoms with van der Waals surface area (Å²) in [6.45, 7) is 7.07. The topological polar surface area (TPSA) is 86.7 Å². The first-order valence-corrected chi connectivity index (χ1v) is 6.40. The molecule has 0 atom stereocenters. The minimum Gasteiger partial charge on any atom is -0.481 e. The number of hydrogen-bond acceptors (Lipinski definition) is 3. The first-order chi connectivity index (χ1) is 8.58. The lowest BCUT2D eigenvalue weighted by Crippen LogP contribution is -2.58. The van der Waals surface area contributed by atoms with Crippen LogP contribution in [0.1, 0.15) is 40.5 Å². The van der Waals surface area contributed by atoms with E-state index in [0.29, 0.717) is 13.0 Å². The highest BCUT2D eigenvalue weighted by Crippen LogP contribution is 2.30. The van der Waals surface area contributed by atoms with Crippen LogP contribution in [0.2, 0.25) is 0 Å². The van der Waals surface area contributed by atoms with Gasteiger partial charge in [-0.15, -0.1) is 0 Å². The van der Waals surface area contributed by atoms with Crippen LogP contribution in [0.15, 0.2) is 0 Å². The summed E-state index contributed by atoms with van der Waals surface area (Å²) in [5, 5.41) is 11.9. The molecule has 1 rings (SSSR count). The molecule has 2 amide bonds. The lowest BCUT2D eigenvalue weighted by atomic mass is 9.74. The zero-order chi connectivity index (χ0) is 14.8. The number of carboxylic acids is 1. The van der Waals surface area contributed by atoms with Gasteiger partial charge in [0.1, 0.15) is 0 Å². The Bertz CT molecular complexity index is 401. The van der Waals surface area contributed by atoms with Crippen LogP contribution >= 0.6 is 0 Å². The van der Waals surface area contributed by atoms with Gasteiger partial charge in [0.2, 0.25) is 11.8 Å².